The Morgan fingerprint density at radius 1 is 1.14 bits per heavy atom. The van der Waals surface area contributed by atoms with Crippen LogP contribution >= 0.6 is 23.4 Å². The van der Waals surface area contributed by atoms with Crippen LogP contribution in [0.15, 0.2) is 52.4 Å². The first-order chi connectivity index (χ1) is 13.7. The summed E-state index contributed by atoms with van der Waals surface area (Å²) < 4.78 is 6.23. The molecule has 4 rings (SSSR count). The van der Waals surface area contributed by atoms with Crippen molar-refractivity contribution < 1.29 is 4.74 Å². The summed E-state index contributed by atoms with van der Waals surface area (Å²) in [5.74, 6) is 0. The number of nitrogens with one attached hydrogen (secondary N) is 2. The molecule has 29 heavy (non-hydrogen) atoms. The van der Waals surface area contributed by atoms with E-state index in [1.165, 1.54) is 10.6 Å². The number of fused-ring (bicyclic) bond motifs is 1. The van der Waals surface area contributed by atoms with Gasteiger partial charge in [-0.05, 0) is 76.9 Å². The van der Waals surface area contributed by atoms with E-state index >= 15 is 0 Å². The molecule has 6 heteroatoms. The maximum absolute atomic E-state index is 6.23. The Bertz CT molecular complexity index is 981. The first kappa shape index (κ1) is 20.7. The van der Waals surface area contributed by atoms with E-state index in [1.807, 2.05) is 24.4 Å². The smallest absolute Gasteiger partial charge is 0.138 e. The molecule has 0 unspecified atom stereocenters. The van der Waals surface area contributed by atoms with E-state index in [1.54, 1.807) is 11.8 Å². The summed E-state index contributed by atoms with van der Waals surface area (Å²) in [6.45, 7) is 9.48. The van der Waals surface area contributed by atoms with E-state index in [0.29, 0.717) is 6.04 Å². The van der Waals surface area contributed by atoms with E-state index < -0.39 is 0 Å². The number of benzene rings is 1. The molecule has 4 nitrogen and oxygen atoms in total. The van der Waals surface area contributed by atoms with Gasteiger partial charge in [0.05, 0.1) is 11.2 Å². The predicted molar refractivity (Wildman–Crippen MR) is 121 cm³/mol. The van der Waals surface area contributed by atoms with Crippen LogP contribution < -0.4 is 5.32 Å². The number of rotatable bonds is 5. The van der Waals surface area contributed by atoms with Gasteiger partial charge in [-0.15, -0.1) is 0 Å². The minimum Gasteiger partial charge on any atom is -0.370 e. The molecular weight excluding hydrogens is 402 g/mol. The van der Waals surface area contributed by atoms with Gasteiger partial charge in [-0.1, -0.05) is 23.4 Å². The Morgan fingerprint density at radius 3 is 2.52 bits per heavy atom. The fourth-order valence-electron chi connectivity index (χ4n) is 4.39. The summed E-state index contributed by atoms with van der Waals surface area (Å²) in [6.07, 6.45) is 3.82. The molecule has 2 N–H and O–H groups in total. The van der Waals surface area contributed by atoms with Gasteiger partial charge in [0.1, 0.15) is 5.65 Å². The third-order valence-corrected chi connectivity index (χ3v) is 6.66. The normalized spacial score (nSPS) is 18.9. The first-order valence-electron chi connectivity index (χ1n) is 10.0. The standard InChI is InChI=1S/C23H28ClN3OS/c1-22(2)12-16(13-23(3,4)28-22)26-14-19-20(18-6-5-11-25-21(18)27-19)29-17-9-7-15(24)8-10-17/h5-11,16,26H,12-14H2,1-4H3,(H,25,27). The number of H-pyrrole nitrogens is 1. The van der Waals surface area contributed by atoms with Crippen LogP contribution in [0.25, 0.3) is 11.0 Å². The summed E-state index contributed by atoms with van der Waals surface area (Å²) >= 11 is 7.81. The SMILES string of the molecule is CC1(C)CC(NCc2[nH]c3ncccc3c2Sc2ccc(Cl)cc2)CC(C)(C)O1. The van der Waals surface area contributed by atoms with Crippen LogP contribution in [0.1, 0.15) is 46.2 Å². The van der Waals surface area contributed by atoms with Crippen LogP contribution in [0, 0.1) is 0 Å². The molecule has 0 bridgehead atoms. The maximum atomic E-state index is 6.23. The van der Waals surface area contributed by atoms with Crippen molar-refractivity contribution in [2.75, 3.05) is 0 Å². The molecule has 1 aliphatic heterocycles. The number of halogens is 1. The number of ether oxygens (including phenoxy) is 1. The molecule has 2 aromatic heterocycles. The molecule has 3 aromatic rings. The average Bonchev–Trinajstić information content (AvgIpc) is 2.97. The third-order valence-electron chi connectivity index (χ3n) is 5.23. The minimum atomic E-state index is -0.123. The minimum absolute atomic E-state index is 0.123. The van der Waals surface area contributed by atoms with Crippen LogP contribution in [0.3, 0.4) is 0 Å². The van der Waals surface area contributed by atoms with Gasteiger partial charge < -0.3 is 15.0 Å². The molecule has 0 atom stereocenters. The number of hydrogen-bond donors (Lipinski definition) is 2. The van der Waals surface area contributed by atoms with Crippen molar-refractivity contribution in [3.63, 3.8) is 0 Å². The monoisotopic (exact) mass is 429 g/mol. The van der Waals surface area contributed by atoms with Crippen LogP contribution in [0.4, 0.5) is 0 Å². The molecule has 0 aliphatic carbocycles. The second-order valence-electron chi connectivity index (χ2n) is 9.00. The second kappa shape index (κ2) is 7.95. The maximum Gasteiger partial charge on any atom is 0.138 e. The predicted octanol–water partition coefficient (Wildman–Crippen LogP) is 6.19. The fraction of sp³-hybridized carbons (Fsp3) is 0.435. The molecule has 0 saturated carbocycles. The summed E-state index contributed by atoms with van der Waals surface area (Å²) in [5.41, 5.74) is 1.85. The number of hydrogen-bond acceptors (Lipinski definition) is 4. The fourth-order valence-corrected chi connectivity index (χ4v) is 5.55. The summed E-state index contributed by atoms with van der Waals surface area (Å²) in [5, 5.41) is 5.67. The zero-order chi connectivity index (χ0) is 20.6. The molecular formula is C23H28ClN3OS. The lowest BCUT2D eigenvalue weighted by atomic mass is 9.85. The Morgan fingerprint density at radius 2 is 1.83 bits per heavy atom. The number of aromatic nitrogens is 2. The highest BCUT2D eigenvalue weighted by atomic mass is 35.5. The van der Waals surface area contributed by atoms with E-state index in [0.717, 1.165) is 40.3 Å². The lowest BCUT2D eigenvalue weighted by molar-refractivity contribution is -0.164. The van der Waals surface area contributed by atoms with E-state index in [-0.39, 0.29) is 11.2 Å². The largest absolute Gasteiger partial charge is 0.370 e. The summed E-state index contributed by atoms with van der Waals surface area (Å²) in [7, 11) is 0. The van der Waals surface area contributed by atoms with Crippen molar-refractivity contribution in [3.8, 4) is 0 Å². The van der Waals surface area contributed by atoms with Crippen molar-refractivity contribution in [3.05, 3.63) is 53.3 Å². The van der Waals surface area contributed by atoms with E-state index in [9.17, 15) is 0 Å². The molecule has 0 amide bonds. The molecule has 1 fully saturated rings. The molecule has 1 aliphatic rings. The molecule has 0 radical (unpaired) electrons. The van der Waals surface area contributed by atoms with Crippen molar-refractivity contribution in [2.45, 2.75) is 74.1 Å². The second-order valence-corrected chi connectivity index (χ2v) is 10.5. The summed E-state index contributed by atoms with van der Waals surface area (Å²) in [4.78, 5) is 10.4. The Kier molecular flexibility index (Phi) is 5.68. The van der Waals surface area contributed by atoms with E-state index in [2.05, 4.69) is 61.2 Å². The lowest BCUT2D eigenvalue weighted by Crippen LogP contribution is -2.51. The Hall–Kier alpha value is -1.53. The van der Waals surface area contributed by atoms with Gasteiger partial charge in [0, 0.05) is 44.7 Å². The first-order valence-corrected chi connectivity index (χ1v) is 11.2. The molecule has 0 spiro atoms. The topological polar surface area (TPSA) is 49.9 Å². The van der Waals surface area contributed by atoms with Crippen LogP contribution in [-0.4, -0.2) is 27.2 Å². The molecule has 1 aromatic carbocycles. The zero-order valence-corrected chi connectivity index (χ0v) is 19.0. The van der Waals surface area contributed by atoms with Gasteiger partial charge >= 0.3 is 0 Å². The number of pyridine rings is 1. The number of aromatic amines is 1. The highest BCUT2D eigenvalue weighted by Gasteiger charge is 2.39. The van der Waals surface area contributed by atoms with Crippen LogP contribution in [0.2, 0.25) is 5.02 Å². The van der Waals surface area contributed by atoms with Gasteiger partial charge in [0.2, 0.25) is 0 Å². The molecule has 1 saturated heterocycles. The Balaban J connectivity index is 1.57. The van der Waals surface area contributed by atoms with Gasteiger partial charge in [0.15, 0.2) is 0 Å². The molecule has 154 valence electrons. The van der Waals surface area contributed by atoms with Gasteiger partial charge in [0.25, 0.3) is 0 Å². The molecule has 3 heterocycles. The van der Waals surface area contributed by atoms with E-state index in [4.69, 9.17) is 16.3 Å². The highest BCUT2D eigenvalue weighted by Crippen LogP contribution is 2.38. The van der Waals surface area contributed by atoms with Crippen molar-refractivity contribution in [1.29, 1.82) is 0 Å². The zero-order valence-electron chi connectivity index (χ0n) is 17.4. The van der Waals surface area contributed by atoms with Gasteiger partial charge in [-0.2, -0.15) is 0 Å². The summed E-state index contributed by atoms with van der Waals surface area (Å²) in [6, 6.07) is 12.5. The Labute approximate surface area is 181 Å². The van der Waals surface area contributed by atoms with Crippen molar-refractivity contribution in [1.82, 2.24) is 15.3 Å². The van der Waals surface area contributed by atoms with Crippen LogP contribution in [0.5, 0.6) is 0 Å². The number of nitrogens with zero attached hydrogens (tertiary/aromatic N) is 1. The van der Waals surface area contributed by atoms with Crippen LogP contribution in [-0.2, 0) is 11.3 Å². The average molecular weight is 430 g/mol. The lowest BCUT2D eigenvalue weighted by Gasteiger charge is -2.45. The third kappa shape index (κ3) is 4.97. The van der Waals surface area contributed by atoms with Gasteiger partial charge in [-0.25, -0.2) is 4.98 Å². The van der Waals surface area contributed by atoms with Gasteiger partial charge in [-0.3, -0.25) is 0 Å². The quantitative estimate of drug-likeness (QED) is 0.507. The van der Waals surface area contributed by atoms with Crippen molar-refractivity contribution >= 4 is 34.4 Å². The highest BCUT2D eigenvalue weighted by molar-refractivity contribution is 7.99. The van der Waals surface area contributed by atoms with Crippen molar-refractivity contribution in [2.24, 2.45) is 0 Å².